The third-order valence-corrected chi connectivity index (χ3v) is 2.38. The average Bonchev–Trinajstić information content (AvgIpc) is 2.66. The summed E-state index contributed by atoms with van der Waals surface area (Å²) in [4.78, 5) is 11.8. The zero-order valence-electron chi connectivity index (χ0n) is 9.44. The molecule has 0 radical (unpaired) electrons. The number of ether oxygens (including phenoxy) is 1. The molecule has 1 aromatic rings. The molecule has 0 saturated heterocycles. The third-order valence-electron chi connectivity index (χ3n) is 2.18. The van der Waals surface area contributed by atoms with Crippen LogP contribution in [-0.2, 0) is 9.53 Å². The topological polar surface area (TPSA) is 56.1 Å². The van der Waals surface area contributed by atoms with Crippen molar-refractivity contribution in [2.24, 2.45) is 0 Å². The second-order valence-corrected chi connectivity index (χ2v) is 3.78. The number of carbonyl (C=O) groups excluding carboxylic acids is 1. The van der Waals surface area contributed by atoms with Gasteiger partial charge in [0.05, 0.1) is 17.8 Å². The Bertz CT molecular complexity index is 341. The van der Waals surface area contributed by atoms with Crippen LogP contribution in [0.3, 0.4) is 0 Å². The fraction of sp³-hybridized carbons (Fsp3) is 0.600. The summed E-state index contributed by atoms with van der Waals surface area (Å²) in [5, 5.41) is 7.33. The van der Waals surface area contributed by atoms with Crippen molar-refractivity contribution in [1.82, 2.24) is 15.1 Å². The molecule has 0 aliphatic heterocycles. The number of halogens is 1. The van der Waals surface area contributed by atoms with Gasteiger partial charge < -0.3 is 10.1 Å². The number of nitrogens with one attached hydrogen (secondary N) is 1. The lowest BCUT2D eigenvalue weighted by Gasteiger charge is -2.15. The Balaban J connectivity index is 2.56. The Labute approximate surface area is 99.7 Å². The van der Waals surface area contributed by atoms with Gasteiger partial charge in [-0.2, -0.15) is 5.10 Å². The van der Waals surface area contributed by atoms with Gasteiger partial charge in [-0.25, -0.2) is 0 Å². The first kappa shape index (κ1) is 13.0. The summed E-state index contributed by atoms with van der Waals surface area (Å²) in [6, 6.07) is -0.315. The van der Waals surface area contributed by atoms with Crippen LogP contribution in [0.15, 0.2) is 12.4 Å². The molecule has 6 heteroatoms. The predicted octanol–water partition coefficient (Wildman–Crippen LogP) is 1.25. The Morgan fingerprint density at radius 3 is 3.00 bits per heavy atom. The molecule has 0 bridgehead atoms. The Hall–Kier alpha value is -1.07. The predicted molar refractivity (Wildman–Crippen MR) is 61.5 cm³/mol. The van der Waals surface area contributed by atoms with Gasteiger partial charge in [-0.3, -0.25) is 9.48 Å². The van der Waals surface area contributed by atoms with E-state index in [0.29, 0.717) is 24.6 Å². The maximum Gasteiger partial charge on any atom is 0.244 e. The molecule has 1 amide bonds. The van der Waals surface area contributed by atoms with E-state index in [9.17, 15) is 4.79 Å². The minimum absolute atomic E-state index is 0.0701. The normalized spacial score (nSPS) is 12.4. The molecule has 1 aromatic heterocycles. The number of amides is 1. The molecule has 0 spiro atoms. The van der Waals surface area contributed by atoms with E-state index in [1.807, 2.05) is 6.92 Å². The number of nitrogens with zero attached hydrogens (tertiary/aromatic N) is 2. The van der Waals surface area contributed by atoms with Crippen molar-refractivity contribution >= 4 is 17.5 Å². The maximum absolute atomic E-state index is 11.8. The van der Waals surface area contributed by atoms with Gasteiger partial charge in [0, 0.05) is 19.9 Å². The zero-order valence-corrected chi connectivity index (χ0v) is 10.2. The van der Waals surface area contributed by atoms with E-state index in [2.05, 4.69) is 10.4 Å². The van der Waals surface area contributed by atoms with Crippen molar-refractivity contribution in [3.05, 3.63) is 17.4 Å². The fourth-order valence-corrected chi connectivity index (χ4v) is 1.52. The van der Waals surface area contributed by atoms with Crippen LogP contribution in [0.5, 0.6) is 0 Å². The van der Waals surface area contributed by atoms with Gasteiger partial charge in [0.15, 0.2) is 0 Å². The summed E-state index contributed by atoms with van der Waals surface area (Å²) in [5.74, 6) is -0.0701. The highest BCUT2D eigenvalue weighted by Gasteiger charge is 2.18. The average molecular weight is 246 g/mol. The SMILES string of the molecule is CCC(C(=O)NCCOC)n1cc(Cl)cn1. The van der Waals surface area contributed by atoms with Gasteiger partial charge in [0.2, 0.25) is 5.91 Å². The highest BCUT2D eigenvalue weighted by molar-refractivity contribution is 6.30. The number of carbonyl (C=O) groups is 1. The van der Waals surface area contributed by atoms with E-state index in [4.69, 9.17) is 16.3 Å². The minimum atomic E-state index is -0.315. The van der Waals surface area contributed by atoms with Crippen LogP contribution < -0.4 is 5.32 Å². The number of rotatable bonds is 6. The number of methoxy groups -OCH3 is 1. The van der Waals surface area contributed by atoms with E-state index in [0.717, 1.165) is 0 Å². The number of aromatic nitrogens is 2. The summed E-state index contributed by atoms with van der Waals surface area (Å²) in [5.41, 5.74) is 0. The van der Waals surface area contributed by atoms with E-state index in [1.54, 1.807) is 18.0 Å². The Morgan fingerprint density at radius 2 is 2.50 bits per heavy atom. The van der Waals surface area contributed by atoms with Crippen LogP contribution in [0.2, 0.25) is 5.02 Å². The molecule has 90 valence electrons. The van der Waals surface area contributed by atoms with E-state index < -0.39 is 0 Å². The van der Waals surface area contributed by atoms with E-state index in [1.165, 1.54) is 6.20 Å². The van der Waals surface area contributed by atoms with Gasteiger partial charge in [-0.1, -0.05) is 18.5 Å². The van der Waals surface area contributed by atoms with Gasteiger partial charge in [-0.05, 0) is 6.42 Å². The van der Waals surface area contributed by atoms with Crippen LogP contribution in [-0.4, -0.2) is 35.9 Å². The first-order valence-corrected chi connectivity index (χ1v) is 5.53. The fourth-order valence-electron chi connectivity index (χ4n) is 1.37. The van der Waals surface area contributed by atoms with Crippen LogP contribution in [0, 0.1) is 0 Å². The molecule has 0 aliphatic carbocycles. The summed E-state index contributed by atoms with van der Waals surface area (Å²) < 4.78 is 6.43. The molecule has 5 nitrogen and oxygen atoms in total. The zero-order chi connectivity index (χ0) is 12.0. The van der Waals surface area contributed by atoms with E-state index in [-0.39, 0.29) is 11.9 Å². The van der Waals surface area contributed by atoms with Crippen molar-refractivity contribution in [1.29, 1.82) is 0 Å². The molecule has 1 N–H and O–H groups in total. The molecule has 1 rings (SSSR count). The molecule has 1 atom stereocenters. The van der Waals surface area contributed by atoms with Crippen molar-refractivity contribution in [3.63, 3.8) is 0 Å². The summed E-state index contributed by atoms with van der Waals surface area (Å²) in [6.45, 7) is 2.93. The molecule has 16 heavy (non-hydrogen) atoms. The summed E-state index contributed by atoms with van der Waals surface area (Å²) in [6.07, 6.45) is 3.83. The molecule has 0 saturated carbocycles. The highest BCUT2D eigenvalue weighted by Crippen LogP contribution is 2.14. The van der Waals surface area contributed by atoms with Gasteiger partial charge in [0.1, 0.15) is 6.04 Å². The smallest absolute Gasteiger partial charge is 0.244 e. The second-order valence-electron chi connectivity index (χ2n) is 3.35. The second kappa shape index (κ2) is 6.50. The van der Waals surface area contributed by atoms with Crippen LogP contribution >= 0.6 is 11.6 Å². The molecule has 0 fully saturated rings. The largest absolute Gasteiger partial charge is 0.383 e. The molecule has 1 unspecified atom stereocenters. The van der Waals surface area contributed by atoms with Crippen molar-refractivity contribution in [2.75, 3.05) is 20.3 Å². The van der Waals surface area contributed by atoms with Crippen molar-refractivity contribution < 1.29 is 9.53 Å². The standard InChI is InChI=1S/C10H16ClN3O2/c1-3-9(10(15)12-4-5-16-2)14-7-8(11)6-13-14/h6-7,9H,3-5H2,1-2H3,(H,12,15). The van der Waals surface area contributed by atoms with Crippen LogP contribution in [0.4, 0.5) is 0 Å². The van der Waals surface area contributed by atoms with Gasteiger partial charge >= 0.3 is 0 Å². The number of hydrogen-bond donors (Lipinski definition) is 1. The molecule has 0 aliphatic rings. The Kier molecular flexibility index (Phi) is 5.28. The molecular formula is C10H16ClN3O2. The van der Waals surface area contributed by atoms with Crippen LogP contribution in [0.1, 0.15) is 19.4 Å². The summed E-state index contributed by atoms with van der Waals surface area (Å²) >= 11 is 5.76. The molecular weight excluding hydrogens is 230 g/mol. The molecule has 1 heterocycles. The molecule has 0 aromatic carbocycles. The first-order chi connectivity index (χ1) is 7.69. The quantitative estimate of drug-likeness (QED) is 0.768. The van der Waals surface area contributed by atoms with Crippen LogP contribution in [0.25, 0.3) is 0 Å². The lowest BCUT2D eigenvalue weighted by Crippen LogP contribution is -2.34. The lowest BCUT2D eigenvalue weighted by molar-refractivity contribution is -0.124. The van der Waals surface area contributed by atoms with Crippen molar-refractivity contribution in [3.8, 4) is 0 Å². The monoisotopic (exact) mass is 245 g/mol. The number of hydrogen-bond acceptors (Lipinski definition) is 3. The summed E-state index contributed by atoms with van der Waals surface area (Å²) in [7, 11) is 1.59. The maximum atomic E-state index is 11.8. The minimum Gasteiger partial charge on any atom is -0.383 e. The highest BCUT2D eigenvalue weighted by atomic mass is 35.5. The first-order valence-electron chi connectivity index (χ1n) is 5.15. The third kappa shape index (κ3) is 3.50. The lowest BCUT2D eigenvalue weighted by atomic mass is 10.2. The van der Waals surface area contributed by atoms with Gasteiger partial charge in [0.25, 0.3) is 0 Å². The Morgan fingerprint density at radius 1 is 1.75 bits per heavy atom. The van der Waals surface area contributed by atoms with E-state index >= 15 is 0 Å². The van der Waals surface area contributed by atoms with Gasteiger partial charge in [-0.15, -0.1) is 0 Å². The van der Waals surface area contributed by atoms with Crippen molar-refractivity contribution in [2.45, 2.75) is 19.4 Å².